The van der Waals surface area contributed by atoms with E-state index < -0.39 is 11.9 Å². The smallest absolute Gasteiger partial charge is 0.234 e. The molecule has 0 spiro atoms. The Morgan fingerprint density at radius 1 is 1.50 bits per heavy atom. The molecule has 0 aromatic rings. The molecule has 5 nitrogen and oxygen atoms in total. The van der Waals surface area contributed by atoms with Crippen LogP contribution in [0, 0.1) is 5.92 Å². The van der Waals surface area contributed by atoms with Gasteiger partial charge < -0.3 is 21.1 Å². The fourth-order valence-electron chi connectivity index (χ4n) is 1.96. The van der Waals surface area contributed by atoms with E-state index in [4.69, 9.17) is 16.2 Å². The van der Waals surface area contributed by atoms with E-state index in [0.717, 1.165) is 39.1 Å². The minimum absolute atomic E-state index is 0.417. The van der Waals surface area contributed by atoms with E-state index in [1.165, 1.54) is 0 Å². The highest BCUT2D eigenvalue weighted by atomic mass is 16.5. The molecule has 94 valence electrons. The van der Waals surface area contributed by atoms with E-state index in [0.29, 0.717) is 12.3 Å². The number of rotatable bonds is 6. The van der Waals surface area contributed by atoms with Crippen molar-refractivity contribution in [3.63, 3.8) is 0 Å². The molecule has 0 aliphatic carbocycles. The summed E-state index contributed by atoms with van der Waals surface area (Å²) in [6, 6.07) is -0.517. The van der Waals surface area contributed by atoms with Crippen LogP contribution < -0.4 is 11.5 Å². The van der Waals surface area contributed by atoms with Crippen LogP contribution in [0.15, 0.2) is 0 Å². The number of carbonyl (C=O) groups excluding carboxylic acids is 1. The molecule has 1 atom stereocenters. The molecule has 0 saturated carbocycles. The van der Waals surface area contributed by atoms with Gasteiger partial charge in [0.1, 0.15) is 0 Å². The lowest BCUT2D eigenvalue weighted by Crippen LogP contribution is -2.40. The van der Waals surface area contributed by atoms with Crippen molar-refractivity contribution in [3.05, 3.63) is 0 Å². The second-order valence-corrected chi connectivity index (χ2v) is 4.62. The van der Waals surface area contributed by atoms with E-state index in [-0.39, 0.29) is 0 Å². The summed E-state index contributed by atoms with van der Waals surface area (Å²) < 4.78 is 5.31. The average Bonchev–Trinajstić information content (AvgIpc) is 2.27. The van der Waals surface area contributed by atoms with Crippen molar-refractivity contribution in [1.29, 1.82) is 0 Å². The number of nitrogens with zero attached hydrogens (tertiary/aromatic N) is 1. The summed E-state index contributed by atoms with van der Waals surface area (Å²) in [6.07, 6.45) is 2.90. The Balaban J connectivity index is 2.14. The van der Waals surface area contributed by atoms with Gasteiger partial charge in [-0.3, -0.25) is 4.79 Å². The SMILES string of the molecule is CN(CCC(N)C(N)=O)CC1CCOCC1. The van der Waals surface area contributed by atoms with Crippen molar-refractivity contribution in [2.75, 3.05) is 33.4 Å². The van der Waals surface area contributed by atoms with Crippen LogP contribution in [-0.4, -0.2) is 50.2 Å². The number of carbonyl (C=O) groups is 1. The molecule has 5 heteroatoms. The van der Waals surface area contributed by atoms with Gasteiger partial charge in [0.05, 0.1) is 6.04 Å². The van der Waals surface area contributed by atoms with Gasteiger partial charge in [-0.15, -0.1) is 0 Å². The molecule has 1 unspecified atom stereocenters. The predicted octanol–water partition coefficient (Wildman–Crippen LogP) is -0.452. The Labute approximate surface area is 97.1 Å². The third-order valence-corrected chi connectivity index (χ3v) is 3.10. The molecule has 1 heterocycles. The topological polar surface area (TPSA) is 81.6 Å². The van der Waals surface area contributed by atoms with E-state index in [1.807, 2.05) is 0 Å². The number of nitrogens with two attached hydrogens (primary N) is 2. The van der Waals surface area contributed by atoms with Crippen LogP contribution >= 0.6 is 0 Å². The van der Waals surface area contributed by atoms with Gasteiger partial charge >= 0.3 is 0 Å². The second-order valence-electron chi connectivity index (χ2n) is 4.62. The van der Waals surface area contributed by atoms with E-state index in [9.17, 15) is 4.79 Å². The van der Waals surface area contributed by atoms with Gasteiger partial charge in [0.15, 0.2) is 0 Å². The van der Waals surface area contributed by atoms with Crippen molar-refractivity contribution < 1.29 is 9.53 Å². The molecule has 0 aromatic carbocycles. The summed E-state index contributed by atoms with van der Waals surface area (Å²) in [5.41, 5.74) is 10.7. The minimum Gasteiger partial charge on any atom is -0.381 e. The number of primary amides is 1. The van der Waals surface area contributed by atoms with Crippen LogP contribution in [0.4, 0.5) is 0 Å². The van der Waals surface area contributed by atoms with E-state index in [1.54, 1.807) is 0 Å². The summed E-state index contributed by atoms with van der Waals surface area (Å²) in [5, 5.41) is 0. The first-order valence-corrected chi connectivity index (χ1v) is 5.90. The molecule has 0 aromatic heterocycles. The molecule has 16 heavy (non-hydrogen) atoms. The first kappa shape index (κ1) is 13.4. The Kier molecular flexibility index (Phi) is 5.73. The lowest BCUT2D eigenvalue weighted by atomic mass is 10.00. The van der Waals surface area contributed by atoms with Crippen LogP contribution in [0.1, 0.15) is 19.3 Å². The third kappa shape index (κ3) is 4.92. The normalized spacial score (nSPS) is 19.9. The van der Waals surface area contributed by atoms with Gasteiger partial charge in [-0.05, 0) is 38.8 Å². The molecule has 1 amide bonds. The fourth-order valence-corrected chi connectivity index (χ4v) is 1.96. The van der Waals surface area contributed by atoms with Gasteiger partial charge in [-0.25, -0.2) is 0 Å². The Bertz CT molecular complexity index is 217. The average molecular weight is 229 g/mol. The van der Waals surface area contributed by atoms with E-state index >= 15 is 0 Å². The van der Waals surface area contributed by atoms with E-state index in [2.05, 4.69) is 11.9 Å². The Morgan fingerprint density at radius 2 is 2.12 bits per heavy atom. The van der Waals surface area contributed by atoms with Crippen molar-refractivity contribution in [2.45, 2.75) is 25.3 Å². The second kappa shape index (κ2) is 6.83. The first-order valence-electron chi connectivity index (χ1n) is 5.90. The molecule has 1 saturated heterocycles. The molecule has 1 rings (SSSR count). The Morgan fingerprint density at radius 3 is 2.69 bits per heavy atom. The van der Waals surface area contributed by atoms with Crippen molar-refractivity contribution >= 4 is 5.91 Å². The van der Waals surface area contributed by atoms with Gasteiger partial charge in [-0.2, -0.15) is 0 Å². The molecule has 1 fully saturated rings. The lowest BCUT2D eigenvalue weighted by molar-refractivity contribution is -0.119. The van der Waals surface area contributed by atoms with Crippen LogP contribution in [-0.2, 0) is 9.53 Å². The largest absolute Gasteiger partial charge is 0.381 e. The number of amides is 1. The highest BCUT2D eigenvalue weighted by Gasteiger charge is 2.16. The number of hydrogen-bond acceptors (Lipinski definition) is 4. The molecule has 1 aliphatic heterocycles. The maximum Gasteiger partial charge on any atom is 0.234 e. The van der Waals surface area contributed by atoms with Crippen LogP contribution in [0.25, 0.3) is 0 Å². The van der Waals surface area contributed by atoms with Gasteiger partial charge in [0.25, 0.3) is 0 Å². The summed E-state index contributed by atoms with van der Waals surface area (Å²) in [7, 11) is 2.06. The fraction of sp³-hybridized carbons (Fsp3) is 0.909. The van der Waals surface area contributed by atoms with Gasteiger partial charge in [0.2, 0.25) is 5.91 Å². The third-order valence-electron chi connectivity index (χ3n) is 3.10. The highest BCUT2D eigenvalue weighted by Crippen LogP contribution is 2.15. The zero-order valence-corrected chi connectivity index (χ0v) is 10.0. The predicted molar refractivity (Wildman–Crippen MR) is 62.8 cm³/mol. The Hall–Kier alpha value is -0.650. The molecular formula is C11H23N3O2. The number of ether oxygens (including phenoxy) is 1. The minimum atomic E-state index is -0.517. The zero-order valence-electron chi connectivity index (χ0n) is 10.0. The summed E-state index contributed by atoms with van der Waals surface area (Å²) >= 11 is 0. The number of hydrogen-bond donors (Lipinski definition) is 2. The molecule has 0 bridgehead atoms. The van der Waals surface area contributed by atoms with Crippen LogP contribution in [0.5, 0.6) is 0 Å². The van der Waals surface area contributed by atoms with Crippen molar-refractivity contribution in [1.82, 2.24) is 4.90 Å². The molecule has 1 aliphatic rings. The summed E-state index contributed by atoms with van der Waals surface area (Å²) in [5.74, 6) is 0.294. The summed E-state index contributed by atoms with van der Waals surface area (Å²) in [6.45, 7) is 3.62. The highest BCUT2D eigenvalue weighted by molar-refractivity contribution is 5.79. The van der Waals surface area contributed by atoms with Crippen molar-refractivity contribution in [2.24, 2.45) is 17.4 Å². The van der Waals surface area contributed by atoms with Crippen molar-refractivity contribution in [3.8, 4) is 0 Å². The van der Waals surface area contributed by atoms with Crippen LogP contribution in [0.2, 0.25) is 0 Å². The monoisotopic (exact) mass is 229 g/mol. The van der Waals surface area contributed by atoms with Gasteiger partial charge in [0, 0.05) is 19.8 Å². The van der Waals surface area contributed by atoms with Gasteiger partial charge in [-0.1, -0.05) is 0 Å². The maximum absolute atomic E-state index is 10.8. The quantitative estimate of drug-likeness (QED) is 0.646. The first-order chi connectivity index (χ1) is 7.59. The van der Waals surface area contributed by atoms with Crippen LogP contribution in [0.3, 0.4) is 0 Å². The summed E-state index contributed by atoms with van der Waals surface area (Å²) in [4.78, 5) is 13.0. The standard InChI is InChI=1S/C11H23N3O2/c1-14(5-2-10(12)11(13)15)8-9-3-6-16-7-4-9/h9-10H,2-8,12H2,1H3,(H2,13,15). The maximum atomic E-state index is 10.8. The zero-order chi connectivity index (χ0) is 12.0. The molecular weight excluding hydrogens is 206 g/mol. The molecule has 0 radical (unpaired) electrons. The molecule has 4 N–H and O–H groups in total. The lowest BCUT2D eigenvalue weighted by Gasteiger charge is -2.27.